The highest BCUT2D eigenvalue weighted by Gasteiger charge is 2.33. The number of nitrogens with zero attached hydrogens (tertiary/aromatic N) is 2. The van der Waals surface area contributed by atoms with E-state index in [9.17, 15) is 0 Å². The third kappa shape index (κ3) is 3.10. The first kappa shape index (κ1) is 13.1. The molecule has 0 aromatic carbocycles. The van der Waals surface area contributed by atoms with Crippen molar-refractivity contribution in [3.63, 3.8) is 0 Å². The van der Waals surface area contributed by atoms with Gasteiger partial charge in [0.1, 0.15) is 0 Å². The van der Waals surface area contributed by atoms with Crippen LogP contribution in [0.3, 0.4) is 0 Å². The summed E-state index contributed by atoms with van der Waals surface area (Å²) in [4.78, 5) is 5.06. The van der Waals surface area contributed by atoms with E-state index in [1.807, 2.05) is 0 Å². The summed E-state index contributed by atoms with van der Waals surface area (Å²) >= 11 is 5.51. The molecule has 0 aromatic heterocycles. The van der Waals surface area contributed by atoms with Crippen LogP contribution in [0.1, 0.15) is 39.5 Å². The van der Waals surface area contributed by atoms with Gasteiger partial charge >= 0.3 is 0 Å². The maximum Gasteiger partial charge on any atom is 0.169 e. The molecule has 2 saturated heterocycles. The molecular formula is C13H25N3S. The van der Waals surface area contributed by atoms with Crippen LogP contribution in [0.5, 0.6) is 0 Å². The fourth-order valence-corrected chi connectivity index (χ4v) is 3.33. The van der Waals surface area contributed by atoms with Crippen molar-refractivity contribution in [1.29, 1.82) is 0 Å². The molecule has 0 bridgehead atoms. The van der Waals surface area contributed by atoms with Crippen LogP contribution in [-0.4, -0.2) is 53.2 Å². The topological polar surface area (TPSA) is 18.5 Å². The number of fused-ring (bicyclic) bond motifs is 1. The molecule has 0 radical (unpaired) electrons. The molecule has 0 aliphatic carbocycles. The van der Waals surface area contributed by atoms with Crippen molar-refractivity contribution in [3.8, 4) is 0 Å². The molecule has 2 fully saturated rings. The van der Waals surface area contributed by atoms with Crippen molar-refractivity contribution < 1.29 is 0 Å². The van der Waals surface area contributed by atoms with E-state index in [0.29, 0.717) is 6.04 Å². The Bertz CT molecular complexity index is 269. The van der Waals surface area contributed by atoms with Crippen LogP contribution < -0.4 is 5.32 Å². The van der Waals surface area contributed by atoms with Crippen molar-refractivity contribution in [2.24, 2.45) is 0 Å². The van der Waals surface area contributed by atoms with Crippen molar-refractivity contribution in [2.45, 2.75) is 51.6 Å². The highest BCUT2D eigenvalue weighted by atomic mass is 32.1. The summed E-state index contributed by atoms with van der Waals surface area (Å²) in [5, 5.41) is 4.33. The van der Waals surface area contributed by atoms with E-state index in [1.165, 1.54) is 32.4 Å². The van der Waals surface area contributed by atoms with Gasteiger partial charge in [-0.3, -0.25) is 4.90 Å². The Hall–Kier alpha value is -0.350. The molecular weight excluding hydrogens is 230 g/mol. The molecule has 3 nitrogen and oxygen atoms in total. The van der Waals surface area contributed by atoms with Crippen molar-refractivity contribution in [1.82, 2.24) is 15.1 Å². The minimum atomic E-state index is 0.557. The Labute approximate surface area is 111 Å². The highest BCUT2D eigenvalue weighted by Crippen LogP contribution is 2.23. The van der Waals surface area contributed by atoms with E-state index in [1.54, 1.807) is 0 Å². The zero-order valence-electron chi connectivity index (χ0n) is 11.1. The Kier molecular flexibility index (Phi) is 4.62. The SMILES string of the molecule is CCCNC(=S)N1CC2CCCCN2CC1C. The second-order valence-electron chi connectivity index (χ2n) is 5.38. The lowest BCUT2D eigenvalue weighted by molar-refractivity contribution is 0.0499. The predicted molar refractivity (Wildman–Crippen MR) is 76.3 cm³/mol. The summed E-state index contributed by atoms with van der Waals surface area (Å²) in [6.45, 7) is 9.06. The van der Waals surface area contributed by atoms with Crippen LogP contribution in [0.2, 0.25) is 0 Å². The molecule has 2 atom stereocenters. The molecule has 2 heterocycles. The fourth-order valence-electron chi connectivity index (χ4n) is 2.97. The van der Waals surface area contributed by atoms with E-state index < -0.39 is 0 Å². The zero-order valence-corrected chi connectivity index (χ0v) is 11.9. The molecule has 4 heteroatoms. The molecule has 2 unspecified atom stereocenters. The van der Waals surface area contributed by atoms with Gasteiger partial charge in [0.05, 0.1) is 0 Å². The maximum absolute atomic E-state index is 5.51. The normalized spacial score (nSPS) is 29.9. The van der Waals surface area contributed by atoms with Gasteiger partial charge in [0.2, 0.25) is 0 Å². The molecule has 2 aliphatic rings. The number of hydrogen-bond acceptors (Lipinski definition) is 2. The van der Waals surface area contributed by atoms with E-state index >= 15 is 0 Å². The maximum atomic E-state index is 5.51. The molecule has 2 aliphatic heterocycles. The lowest BCUT2D eigenvalue weighted by Gasteiger charge is -2.48. The van der Waals surface area contributed by atoms with E-state index in [4.69, 9.17) is 12.2 Å². The Morgan fingerprint density at radius 3 is 2.94 bits per heavy atom. The van der Waals surface area contributed by atoms with Crippen LogP contribution in [0.4, 0.5) is 0 Å². The number of nitrogens with one attached hydrogen (secondary N) is 1. The predicted octanol–water partition coefficient (Wildman–Crippen LogP) is 1.83. The van der Waals surface area contributed by atoms with Gasteiger partial charge in [-0.25, -0.2) is 0 Å². The van der Waals surface area contributed by atoms with Crippen molar-refractivity contribution in [2.75, 3.05) is 26.2 Å². The Morgan fingerprint density at radius 1 is 1.35 bits per heavy atom. The summed E-state index contributed by atoms with van der Waals surface area (Å²) in [7, 11) is 0. The molecule has 0 aromatic rings. The molecule has 17 heavy (non-hydrogen) atoms. The van der Waals surface area contributed by atoms with Gasteiger partial charge in [-0.05, 0) is 44.9 Å². The number of thiocarbonyl (C=S) groups is 1. The first-order valence-electron chi connectivity index (χ1n) is 7.01. The van der Waals surface area contributed by atoms with Crippen LogP contribution >= 0.6 is 12.2 Å². The third-order valence-electron chi connectivity index (χ3n) is 3.97. The van der Waals surface area contributed by atoms with Gasteiger partial charge in [0.25, 0.3) is 0 Å². The summed E-state index contributed by atoms with van der Waals surface area (Å²) in [5.74, 6) is 0. The third-order valence-corrected chi connectivity index (χ3v) is 4.35. The fraction of sp³-hybridized carbons (Fsp3) is 0.923. The van der Waals surface area contributed by atoms with E-state index in [2.05, 4.69) is 29.0 Å². The number of rotatable bonds is 2. The zero-order chi connectivity index (χ0) is 12.3. The van der Waals surface area contributed by atoms with E-state index in [-0.39, 0.29) is 0 Å². The average molecular weight is 255 g/mol. The monoisotopic (exact) mass is 255 g/mol. The summed E-state index contributed by atoms with van der Waals surface area (Å²) in [6, 6.07) is 1.29. The van der Waals surface area contributed by atoms with Crippen LogP contribution in [0, 0.1) is 0 Å². The largest absolute Gasteiger partial charge is 0.363 e. The minimum absolute atomic E-state index is 0.557. The lowest BCUT2D eigenvalue weighted by Crippen LogP contribution is -2.61. The smallest absolute Gasteiger partial charge is 0.169 e. The first-order chi connectivity index (χ1) is 8.22. The lowest BCUT2D eigenvalue weighted by atomic mass is 9.97. The second kappa shape index (κ2) is 6.01. The second-order valence-corrected chi connectivity index (χ2v) is 5.76. The van der Waals surface area contributed by atoms with E-state index in [0.717, 1.165) is 30.7 Å². The van der Waals surface area contributed by atoms with Gasteiger partial charge in [0, 0.05) is 31.7 Å². The quantitative estimate of drug-likeness (QED) is 0.759. The van der Waals surface area contributed by atoms with Crippen molar-refractivity contribution >= 4 is 17.3 Å². The Morgan fingerprint density at radius 2 is 2.18 bits per heavy atom. The summed E-state index contributed by atoms with van der Waals surface area (Å²) in [5.41, 5.74) is 0. The molecule has 2 rings (SSSR count). The number of piperazine rings is 1. The first-order valence-corrected chi connectivity index (χ1v) is 7.41. The van der Waals surface area contributed by atoms with Crippen molar-refractivity contribution in [3.05, 3.63) is 0 Å². The molecule has 98 valence electrons. The van der Waals surface area contributed by atoms with Gasteiger partial charge in [-0.15, -0.1) is 0 Å². The number of hydrogen-bond donors (Lipinski definition) is 1. The Balaban J connectivity index is 1.92. The van der Waals surface area contributed by atoms with Gasteiger partial charge in [-0.2, -0.15) is 0 Å². The van der Waals surface area contributed by atoms with Gasteiger partial charge in [0.15, 0.2) is 5.11 Å². The van der Waals surface area contributed by atoms with Gasteiger partial charge < -0.3 is 10.2 Å². The van der Waals surface area contributed by atoms with Crippen LogP contribution in [0.25, 0.3) is 0 Å². The molecule has 0 spiro atoms. The summed E-state index contributed by atoms with van der Waals surface area (Å²) < 4.78 is 0. The molecule has 0 saturated carbocycles. The van der Waals surface area contributed by atoms with Crippen LogP contribution in [-0.2, 0) is 0 Å². The average Bonchev–Trinajstić information content (AvgIpc) is 2.35. The summed E-state index contributed by atoms with van der Waals surface area (Å²) in [6.07, 6.45) is 5.25. The van der Waals surface area contributed by atoms with Crippen LogP contribution in [0.15, 0.2) is 0 Å². The molecule has 1 N–H and O–H groups in total. The highest BCUT2D eigenvalue weighted by molar-refractivity contribution is 7.80. The minimum Gasteiger partial charge on any atom is -0.363 e. The molecule has 0 amide bonds. The number of piperidine rings is 1. The standard InChI is InChI=1S/C13H25N3S/c1-3-7-14-13(17)16-10-12-6-4-5-8-15(12)9-11(16)2/h11-12H,3-10H2,1-2H3,(H,14,17). The van der Waals surface area contributed by atoms with Gasteiger partial charge in [-0.1, -0.05) is 13.3 Å².